The van der Waals surface area contributed by atoms with E-state index >= 15 is 0 Å². The summed E-state index contributed by atoms with van der Waals surface area (Å²) < 4.78 is 7.71. The number of morpholine rings is 1. The summed E-state index contributed by atoms with van der Waals surface area (Å²) in [6, 6.07) is 12.2. The van der Waals surface area contributed by atoms with E-state index in [9.17, 15) is 4.79 Å². The minimum atomic E-state index is 0. The highest BCUT2D eigenvalue weighted by Crippen LogP contribution is 2.29. The molecule has 3 heterocycles. The Labute approximate surface area is 195 Å². The Morgan fingerprint density at radius 2 is 2.00 bits per heavy atom. The topological polar surface area (TPSA) is 59.4 Å². The lowest BCUT2D eigenvalue weighted by Gasteiger charge is -2.29. The summed E-state index contributed by atoms with van der Waals surface area (Å²) in [7, 11) is 0. The molecule has 2 aromatic heterocycles. The lowest BCUT2D eigenvalue weighted by atomic mass is 10.0. The molecule has 1 saturated heterocycles. The zero-order chi connectivity index (χ0) is 22.8. The maximum absolute atomic E-state index is 13.8. The van der Waals surface area contributed by atoms with Crippen LogP contribution >= 0.6 is 0 Å². The fourth-order valence-corrected chi connectivity index (χ4v) is 4.49. The number of fused-ring (bicyclic) bond motifs is 1. The van der Waals surface area contributed by atoms with Crippen molar-refractivity contribution in [3.05, 3.63) is 88.0 Å². The Balaban J connectivity index is 0.00000274. The van der Waals surface area contributed by atoms with E-state index in [0.29, 0.717) is 31.1 Å². The molecule has 1 N–H and O–H groups in total. The molecule has 5 rings (SSSR count). The van der Waals surface area contributed by atoms with E-state index in [1.54, 1.807) is 6.20 Å². The molecule has 1 fully saturated rings. The van der Waals surface area contributed by atoms with E-state index in [4.69, 9.17) is 4.74 Å². The quantitative estimate of drug-likeness (QED) is 0.620. The maximum Gasteiger partial charge on any atom is 0.197 e. The Morgan fingerprint density at radius 1 is 1.21 bits per heavy atom. The van der Waals surface area contributed by atoms with Crippen molar-refractivity contribution in [1.29, 1.82) is 0 Å². The van der Waals surface area contributed by atoms with Crippen LogP contribution in [0.3, 0.4) is 0 Å². The number of nitrogens with one attached hydrogen (secondary N) is 1. The van der Waals surface area contributed by atoms with E-state index in [-0.39, 0.29) is 6.86 Å². The van der Waals surface area contributed by atoms with Crippen LogP contribution in [0.2, 0.25) is 0 Å². The fourth-order valence-electron chi connectivity index (χ4n) is 4.49. The van der Waals surface area contributed by atoms with Crippen LogP contribution in [0.5, 0.6) is 0 Å². The smallest absolute Gasteiger partial charge is 0.197 e. The SMILES string of the molecule is Cc1cc2c(cn1)c(=O)c(CN1CCOCC1)c(NC1=CCC(C)C=C1)n2-c1ccccc1.[HH]. The molecule has 0 saturated carbocycles. The summed E-state index contributed by atoms with van der Waals surface area (Å²) in [5.41, 5.74) is 4.56. The van der Waals surface area contributed by atoms with E-state index in [1.807, 2.05) is 31.2 Å². The van der Waals surface area contributed by atoms with Crippen molar-refractivity contribution >= 4 is 16.7 Å². The third-order valence-corrected chi connectivity index (χ3v) is 6.36. The average molecular weight is 445 g/mol. The molecule has 1 unspecified atom stereocenters. The highest BCUT2D eigenvalue weighted by molar-refractivity contribution is 5.85. The Bertz CT molecular complexity index is 1280. The van der Waals surface area contributed by atoms with Crippen LogP contribution in [-0.2, 0) is 11.3 Å². The highest BCUT2D eigenvalue weighted by Gasteiger charge is 2.22. The first-order valence-corrected chi connectivity index (χ1v) is 11.7. The van der Waals surface area contributed by atoms with Gasteiger partial charge in [-0.05, 0) is 43.5 Å². The van der Waals surface area contributed by atoms with E-state index in [0.717, 1.165) is 53.5 Å². The summed E-state index contributed by atoms with van der Waals surface area (Å²) in [6.45, 7) is 7.74. The number of rotatable bonds is 5. The number of benzene rings is 1. The van der Waals surface area contributed by atoms with Gasteiger partial charge in [0.2, 0.25) is 0 Å². The number of nitrogens with zero attached hydrogens (tertiary/aromatic N) is 3. The number of aromatic nitrogens is 2. The molecular formula is C27H32N4O2. The van der Waals surface area contributed by atoms with Crippen LogP contribution in [-0.4, -0.2) is 40.8 Å². The van der Waals surface area contributed by atoms with Gasteiger partial charge in [-0.25, -0.2) is 0 Å². The molecule has 0 amide bonds. The Kier molecular flexibility index (Phi) is 6.11. The molecule has 2 aliphatic rings. The van der Waals surface area contributed by atoms with Crippen LogP contribution in [0, 0.1) is 12.8 Å². The molecular weight excluding hydrogens is 412 g/mol. The van der Waals surface area contributed by atoms with Gasteiger partial charge in [0.1, 0.15) is 5.82 Å². The summed E-state index contributed by atoms with van der Waals surface area (Å²) in [5, 5.41) is 4.28. The molecule has 1 aliphatic carbocycles. The van der Waals surface area contributed by atoms with Gasteiger partial charge in [-0.3, -0.25) is 19.2 Å². The monoisotopic (exact) mass is 444 g/mol. The summed E-state index contributed by atoms with van der Waals surface area (Å²) in [6.07, 6.45) is 9.24. The highest BCUT2D eigenvalue weighted by atomic mass is 16.5. The summed E-state index contributed by atoms with van der Waals surface area (Å²) in [4.78, 5) is 20.6. The normalized spacial score (nSPS) is 19.0. The molecule has 1 atom stereocenters. The second kappa shape index (κ2) is 9.33. The molecule has 1 aromatic carbocycles. The first-order chi connectivity index (χ1) is 16.1. The van der Waals surface area contributed by atoms with Gasteiger partial charge in [0.15, 0.2) is 5.43 Å². The molecule has 33 heavy (non-hydrogen) atoms. The zero-order valence-electron chi connectivity index (χ0n) is 19.3. The number of pyridine rings is 2. The number of hydrogen-bond acceptors (Lipinski definition) is 5. The van der Waals surface area contributed by atoms with Crippen LogP contribution in [0.15, 0.2) is 71.3 Å². The molecule has 1 aliphatic heterocycles. The van der Waals surface area contributed by atoms with Crippen molar-refractivity contribution < 1.29 is 6.16 Å². The Morgan fingerprint density at radius 3 is 2.73 bits per heavy atom. The number of allylic oxidation sites excluding steroid dienone is 3. The second-order valence-corrected chi connectivity index (χ2v) is 8.92. The first-order valence-electron chi connectivity index (χ1n) is 11.7. The fraction of sp³-hybridized carbons (Fsp3) is 0.333. The predicted molar refractivity (Wildman–Crippen MR) is 135 cm³/mol. The largest absolute Gasteiger partial charge is 0.379 e. The van der Waals surface area contributed by atoms with Gasteiger partial charge >= 0.3 is 0 Å². The molecule has 172 valence electrons. The third-order valence-electron chi connectivity index (χ3n) is 6.36. The van der Waals surface area contributed by atoms with Crippen molar-refractivity contribution in [1.82, 2.24) is 14.5 Å². The van der Waals surface area contributed by atoms with Crippen molar-refractivity contribution in [2.45, 2.75) is 26.8 Å². The molecule has 6 heteroatoms. The molecule has 0 spiro atoms. The van der Waals surface area contributed by atoms with Crippen molar-refractivity contribution in [3.8, 4) is 5.69 Å². The summed E-state index contributed by atoms with van der Waals surface area (Å²) in [5.74, 6) is 1.34. The number of aryl methyl sites for hydroxylation is 1. The number of hydrogen-bond donors (Lipinski definition) is 1. The lowest BCUT2D eigenvalue weighted by Crippen LogP contribution is -2.37. The van der Waals surface area contributed by atoms with Gasteiger partial charge in [-0.1, -0.05) is 37.3 Å². The third kappa shape index (κ3) is 4.49. The van der Waals surface area contributed by atoms with Gasteiger partial charge < -0.3 is 10.1 Å². The average Bonchev–Trinajstić information content (AvgIpc) is 2.84. The minimum Gasteiger partial charge on any atom is -0.379 e. The van der Waals surface area contributed by atoms with E-state index in [1.165, 1.54) is 0 Å². The molecule has 0 radical (unpaired) electrons. The van der Waals surface area contributed by atoms with E-state index in [2.05, 4.69) is 57.1 Å². The standard InChI is InChI=1S/C27H30N4O2.H2/c1-19-8-10-21(11-9-19)29-27-24(18-30-12-14-33-15-13-30)26(32)23-17-28-20(2)16-25(23)31(27)22-6-4-3-5-7-22;/h3-8,10-11,16-17,19,29H,9,12-15,18H2,1-2H3;1H. The van der Waals surface area contributed by atoms with Crippen LogP contribution in [0.25, 0.3) is 16.6 Å². The lowest BCUT2D eigenvalue weighted by molar-refractivity contribution is 0.0341. The predicted octanol–water partition coefficient (Wildman–Crippen LogP) is 4.66. The molecule has 3 aromatic rings. The van der Waals surface area contributed by atoms with Gasteiger partial charge in [-0.15, -0.1) is 0 Å². The number of anilines is 1. The van der Waals surface area contributed by atoms with Gasteiger partial charge in [-0.2, -0.15) is 0 Å². The molecule has 6 nitrogen and oxygen atoms in total. The van der Waals surface area contributed by atoms with Gasteiger partial charge in [0, 0.05) is 44.3 Å². The van der Waals surface area contributed by atoms with E-state index < -0.39 is 0 Å². The van der Waals surface area contributed by atoms with Gasteiger partial charge in [0.05, 0.1) is 29.7 Å². The maximum atomic E-state index is 13.8. The number of ether oxygens (including phenoxy) is 1. The number of para-hydroxylation sites is 1. The zero-order valence-corrected chi connectivity index (χ0v) is 19.3. The van der Waals surface area contributed by atoms with Crippen LogP contribution < -0.4 is 10.7 Å². The summed E-state index contributed by atoms with van der Waals surface area (Å²) >= 11 is 0. The van der Waals surface area contributed by atoms with Crippen LogP contribution in [0.1, 0.15) is 26.0 Å². The Hall–Kier alpha value is -3.22. The van der Waals surface area contributed by atoms with Gasteiger partial charge in [0.25, 0.3) is 0 Å². The van der Waals surface area contributed by atoms with Crippen molar-refractivity contribution in [2.75, 3.05) is 31.6 Å². The van der Waals surface area contributed by atoms with Crippen molar-refractivity contribution in [2.24, 2.45) is 5.92 Å². The minimum absolute atomic E-state index is 0. The molecule has 0 bridgehead atoms. The van der Waals surface area contributed by atoms with Crippen molar-refractivity contribution in [3.63, 3.8) is 0 Å². The van der Waals surface area contributed by atoms with Crippen LogP contribution in [0.4, 0.5) is 5.82 Å². The first kappa shape index (κ1) is 21.6. The second-order valence-electron chi connectivity index (χ2n) is 8.92.